The zero-order chi connectivity index (χ0) is 16.2. The molecule has 0 spiro atoms. The molecule has 0 fully saturated rings. The van der Waals surface area contributed by atoms with Gasteiger partial charge in [0.1, 0.15) is 11.6 Å². The maximum atomic E-state index is 12.3. The summed E-state index contributed by atoms with van der Waals surface area (Å²) in [4.78, 5) is 25.5. The molecule has 0 radical (unpaired) electrons. The van der Waals surface area contributed by atoms with Crippen LogP contribution in [0, 0.1) is 6.92 Å². The van der Waals surface area contributed by atoms with Gasteiger partial charge in [-0.05, 0) is 52.3 Å². The largest absolute Gasteiger partial charge is 0.444 e. The summed E-state index contributed by atoms with van der Waals surface area (Å²) in [5.41, 5.74) is 1.27. The van der Waals surface area contributed by atoms with Gasteiger partial charge in [0, 0.05) is 12.7 Å². The van der Waals surface area contributed by atoms with E-state index in [-0.39, 0.29) is 5.91 Å². The van der Waals surface area contributed by atoms with E-state index in [1.54, 1.807) is 34.7 Å². The highest BCUT2D eigenvalue weighted by molar-refractivity contribution is 5.98. The van der Waals surface area contributed by atoms with Crippen molar-refractivity contribution in [2.75, 3.05) is 11.9 Å². The van der Waals surface area contributed by atoms with Crippen molar-refractivity contribution in [1.29, 1.82) is 0 Å². The number of amides is 2. The number of likely N-dealkylation sites (N-methyl/N-ethyl adjacent to an activating group) is 1. The number of nitrogens with zero attached hydrogens (tertiary/aromatic N) is 1. The van der Waals surface area contributed by atoms with Gasteiger partial charge in [-0.1, -0.05) is 12.1 Å². The summed E-state index contributed by atoms with van der Waals surface area (Å²) in [6, 6.07) is 6.96. The third-order valence-corrected chi connectivity index (χ3v) is 2.82. The lowest BCUT2D eigenvalue weighted by Gasteiger charge is -2.24. The van der Waals surface area contributed by atoms with Gasteiger partial charge in [-0.2, -0.15) is 0 Å². The number of ether oxygens (including phenoxy) is 1. The molecule has 2 amide bonds. The molecule has 116 valence electrons. The van der Waals surface area contributed by atoms with Gasteiger partial charge in [-0.3, -0.25) is 4.79 Å². The molecule has 5 heteroatoms. The summed E-state index contributed by atoms with van der Waals surface area (Å²) in [7, 11) is 1.68. The SMILES string of the molecule is Cc1cccc(N(C)C(=O)C(C)NC(=O)OC(C)(C)C)c1. The van der Waals surface area contributed by atoms with Gasteiger partial charge in [0.15, 0.2) is 0 Å². The fourth-order valence-corrected chi connectivity index (χ4v) is 1.80. The lowest BCUT2D eigenvalue weighted by Crippen LogP contribution is -2.47. The highest BCUT2D eigenvalue weighted by Crippen LogP contribution is 2.15. The summed E-state index contributed by atoms with van der Waals surface area (Å²) >= 11 is 0. The molecule has 0 aliphatic rings. The van der Waals surface area contributed by atoms with Crippen LogP contribution in [0.4, 0.5) is 10.5 Å². The van der Waals surface area contributed by atoms with E-state index < -0.39 is 17.7 Å². The molecule has 5 nitrogen and oxygen atoms in total. The summed E-state index contributed by atoms with van der Waals surface area (Å²) in [6.07, 6.45) is -0.596. The Kier molecular flexibility index (Phi) is 5.35. The lowest BCUT2D eigenvalue weighted by atomic mass is 10.2. The van der Waals surface area contributed by atoms with Crippen LogP contribution in [-0.4, -0.2) is 30.7 Å². The van der Waals surface area contributed by atoms with Gasteiger partial charge in [0.05, 0.1) is 0 Å². The molecule has 0 aliphatic carbocycles. The van der Waals surface area contributed by atoms with Gasteiger partial charge >= 0.3 is 6.09 Å². The van der Waals surface area contributed by atoms with Crippen molar-refractivity contribution in [2.45, 2.75) is 46.3 Å². The molecular weight excluding hydrogens is 268 g/mol. The average Bonchev–Trinajstić information content (AvgIpc) is 2.34. The van der Waals surface area contributed by atoms with E-state index in [2.05, 4.69) is 5.32 Å². The molecule has 0 bridgehead atoms. The van der Waals surface area contributed by atoms with Crippen LogP contribution in [0.2, 0.25) is 0 Å². The summed E-state index contributed by atoms with van der Waals surface area (Å²) in [6.45, 7) is 8.93. The molecule has 0 aromatic heterocycles. The van der Waals surface area contributed by atoms with Crippen LogP contribution in [0.15, 0.2) is 24.3 Å². The van der Waals surface area contributed by atoms with Crippen molar-refractivity contribution in [2.24, 2.45) is 0 Å². The van der Waals surface area contributed by atoms with Crippen molar-refractivity contribution in [1.82, 2.24) is 5.32 Å². The topological polar surface area (TPSA) is 58.6 Å². The van der Waals surface area contributed by atoms with E-state index in [4.69, 9.17) is 4.74 Å². The minimum Gasteiger partial charge on any atom is -0.444 e. The Balaban J connectivity index is 2.68. The van der Waals surface area contributed by atoms with Crippen LogP contribution < -0.4 is 10.2 Å². The number of carbonyl (C=O) groups excluding carboxylic acids is 2. The molecule has 1 aromatic rings. The Bertz CT molecular complexity index is 520. The number of aryl methyl sites for hydroxylation is 1. The van der Waals surface area contributed by atoms with E-state index >= 15 is 0 Å². The number of carbonyl (C=O) groups is 2. The molecule has 1 rings (SSSR count). The maximum absolute atomic E-state index is 12.3. The number of rotatable bonds is 3. The Labute approximate surface area is 126 Å². The highest BCUT2D eigenvalue weighted by Gasteiger charge is 2.23. The first kappa shape index (κ1) is 17.0. The zero-order valence-electron chi connectivity index (χ0n) is 13.6. The van der Waals surface area contributed by atoms with Crippen LogP contribution in [0.5, 0.6) is 0 Å². The molecule has 1 atom stereocenters. The number of alkyl carbamates (subject to hydrolysis) is 1. The summed E-state index contributed by atoms with van der Waals surface area (Å²) in [5.74, 6) is -0.202. The van der Waals surface area contributed by atoms with Crippen molar-refractivity contribution >= 4 is 17.7 Å². The molecule has 0 aliphatic heterocycles. The van der Waals surface area contributed by atoms with Crippen LogP contribution in [0.3, 0.4) is 0 Å². The molecule has 1 unspecified atom stereocenters. The van der Waals surface area contributed by atoms with Crippen molar-refractivity contribution < 1.29 is 14.3 Å². The van der Waals surface area contributed by atoms with Gasteiger partial charge in [0.25, 0.3) is 0 Å². The van der Waals surface area contributed by atoms with Crippen LogP contribution in [0.1, 0.15) is 33.3 Å². The third-order valence-electron chi connectivity index (χ3n) is 2.82. The minimum absolute atomic E-state index is 0.202. The van der Waals surface area contributed by atoms with E-state index in [1.807, 2.05) is 31.2 Å². The first-order chi connectivity index (χ1) is 9.60. The second-order valence-corrected chi connectivity index (χ2v) is 6.10. The molecule has 0 saturated heterocycles. The monoisotopic (exact) mass is 292 g/mol. The molecule has 0 saturated carbocycles. The van der Waals surface area contributed by atoms with Gasteiger partial charge < -0.3 is 15.0 Å². The van der Waals surface area contributed by atoms with E-state index in [1.165, 1.54) is 4.90 Å². The smallest absolute Gasteiger partial charge is 0.408 e. The zero-order valence-corrected chi connectivity index (χ0v) is 13.6. The van der Waals surface area contributed by atoms with Crippen LogP contribution in [0.25, 0.3) is 0 Å². The lowest BCUT2D eigenvalue weighted by molar-refractivity contribution is -0.120. The predicted molar refractivity (Wildman–Crippen MR) is 83.4 cm³/mol. The van der Waals surface area contributed by atoms with Gasteiger partial charge in [-0.15, -0.1) is 0 Å². The number of benzene rings is 1. The normalized spacial score (nSPS) is 12.5. The molecule has 21 heavy (non-hydrogen) atoms. The highest BCUT2D eigenvalue weighted by atomic mass is 16.6. The summed E-state index contributed by atoms with van der Waals surface area (Å²) < 4.78 is 5.14. The minimum atomic E-state index is -0.662. The van der Waals surface area contributed by atoms with Crippen molar-refractivity contribution in [3.8, 4) is 0 Å². The Morgan fingerprint density at radius 2 is 1.90 bits per heavy atom. The number of hydrogen-bond acceptors (Lipinski definition) is 3. The second kappa shape index (κ2) is 6.61. The third kappa shape index (κ3) is 5.45. The van der Waals surface area contributed by atoms with Gasteiger partial charge in [-0.25, -0.2) is 4.79 Å². The van der Waals surface area contributed by atoms with E-state index in [0.29, 0.717) is 0 Å². The fourth-order valence-electron chi connectivity index (χ4n) is 1.80. The number of hydrogen-bond donors (Lipinski definition) is 1. The average molecular weight is 292 g/mol. The molecular formula is C16H24N2O3. The second-order valence-electron chi connectivity index (χ2n) is 6.10. The predicted octanol–water partition coefficient (Wildman–Crippen LogP) is 2.87. The maximum Gasteiger partial charge on any atom is 0.408 e. The first-order valence-corrected chi connectivity index (χ1v) is 6.94. The number of nitrogens with one attached hydrogen (secondary N) is 1. The van der Waals surface area contributed by atoms with Crippen LogP contribution >= 0.6 is 0 Å². The van der Waals surface area contributed by atoms with E-state index in [9.17, 15) is 9.59 Å². The molecule has 1 aromatic carbocycles. The Morgan fingerprint density at radius 1 is 1.29 bits per heavy atom. The summed E-state index contributed by atoms with van der Waals surface area (Å²) in [5, 5.41) is 2.55. The standard InChI is InChI=1S/C16H24N2O3/c1-11-8-7-9-13(10-11)18(6)14(19)12(2)17-15(20)21-16(3,4)5/h7-10,12H,1-6H3,(H,17,20). The van der Waals surface area contributed by atoms with Crippen molar-refractivity contribution in [3.05, 3.63) is 29.8 Å². The molecule has 1 N–H and O–H groups in total. The number of anilines is 1. The van der Waals surface area contributed by atoms with Crippen LogP contribution in [-0.2, 0) is 9.53 Å². The Morgan fingerprint density at radius 3 is 2.43 bits per heavy atom. The molecule has 0 heterocycles. The van der Waals surface area contributed by atoms with E-state index in [0.717, 1.165) is 11.3 Å². The Hall–Kier alpha value is -2.04. The first-order valence-electron chi connectivity index (χ1n) is 6.94. The van der Waals surface area contributed by atoms with Gasteiger partial charge in [0.2, 0.25) is 5.91 Å². The van der Waals surface area contributed by atoms with Crippen molar-refractivity contribution in [3.63, 3.8) is 0 Å². The fraction of sp³-hybridized carbons (Fsp3) is 0.500. The quantitative estimate of drug-likeness (QED) is 0.932.